The molecule has 0 aliphatic heterocycles. The number of benzene rings is 1. The van der Waals surface area contributed by atoms with E-state index < -0.39 is 5.97 Å². The van der Waals surface area contributed by atoms with E-state index in [9.17, 15) is 14.9 Å². The van der Waals surface area contributed by atoms with Gasteiger partial charge in [-0.1, -0.05) is 24.3 Å². The highest BCUT2D eigenvalue weighted by molar-refractivity contribution is 5.94. The number of nitriles is 1. The lowest BCUT2D eigenvalue weighted by molar-refractivity contribution is -0.145. The topological polar surface area (TPSA) is 83.6 Å². The number of hydrogen-bond acceptors (Lipinski definition) is 4. The number of carbonyl (C=O) groups is 2. The zero-order valence-corrected chi connectivity index (χ0v) is 14.9. The van der Waals surface area contributed by atoms with Crippen molar-refractivity contribution in [3.63, 3.8) is 0 Å². The first kappa shape index (κ1) is 18.2. The summed E-state index contributed by atoms with van der Waals surface area (Å²) in [5, 5.41) is 12.1. The van der Waals surface area contributed by atoms with Gasteiger partial charge in [-0.05, 0) is 31.2 Å². The minimum Gasteiger partial charge on any atom is -0.461 e. The van der Waals surface area contributed by atoms with Crippen LogP contribution in [0.5, 0.6) is 0 Å². The molecule has 1 atom stereocenters. The van der Waals surface area contributed by atoms with Crippen LogP contribution in [-0.2, 0) is 16.1 Å². The number of esters is 1. The molecule has 0 radical (unpaired) electrons. The highest BCUT2D eigenvalue weighted by atomic mass is 16.5. The molecular weight excluding hydrogens is 342 g/mol. The number of nitrogens with zero attached hydrogens (tertiary/aromatic N) is 2. The third-order valence-electron chi connectivity index (χ3n) is 4.15. The molecule has 1 aromatic carbocycles. The number of fused-ring (bicyclic) bond motifs is 1. The molecule has 27 heavy (non-hydrogen) atoms. The van der Waals surface area contributed by atoms with Crippen molar-refractivity contribution in [3.8, 4) is 6.07 Å². The van der Waals surface area contributed by atoms with Gasteiger partial charge in [0.05, 0.1) is 17.5 Å². The first-order chi connectivity index (χ1) is 13.1. The average molecular weight is 361 g/mol. The van der Waals surface area contributed by atoms with E-state index in [0.29, 0.717) is 16.7 Å². The number of hydrogen-bond donors (Lipinski definition) is 1. The maximum Gasteiger partial charge on any atom is 0.308 e. The van der Waals surface area contributed by atoms with Gasteiger partial charge in [-0.3, -0.25) is 9.59 Å². The second-order valence-corrected chi connectivity index (χ2v) is 6.24. The zero-order valence-electron chi connectivity index (χ0n) is 14.9. The van der Waals surface area contributed by atoms with Gasteiger partial charge in [-0.15, -0.1) is 0 Å². The Morgan fingerprint density at radius 1 is 1.19 bits per heavy atom. The standard InChI is InChI=1S/C21H19N3O3/c1-15(23-21(26)16-7-3-2-4-8-16)11-20(25)27-14-17-13-24-10-6-5-9-19(24)18(17)12-22/h2-10,13,15H,11,14H2,1H3,(H,23,26). The number of carbonyl (C=O) groups excluding carboxylic acids is 2. The molecule has 3 aromatic rings. The first-order valence-corrected chi connectivity index (χ1v) is 8.58. The predicted octanol–water partition coefficient (Wildman–Crippen LogP) is 3.06. The van der Waals surface area contributed by atoms with Gasteiger partial charge in [0.25, 0.3) is 5.91 Å². The molecule has 0 fully saturated rings. The summed E-state index contributed by atoms with van der Waals surface area (Å²) in [7, 11) is 0. The molecule has 2 aromatic heterocycles. The highest BCUT2D eigenvalue weighted by Gasteiger charge is 2.16. The highest BCUT2D eigenvalue weighted by Crippen LogP contribution is 2.18. The normalized spacial score (nSPS) is 11.6. The lowest BCUT2D eigenvalue weighted by atomic mass is 10.1. The van der Waals surface area contributed by atoms with Crippen molar-refractivity contribution in [2.45, 2.75) is 26.0 Å². The fraction of sp³-hybridized carbons (Fsp3) is 0.190. The van der Waals surface area contributed by atoms with Gasteiger partial charge in [0.15, 0.2) is 0 Å². The van der Waals surface area contributed by atoms with Crippen LogP contribution in [-0.4, -0.2) is 22.3 Å². The molecule has 136 valence electrons. The van der Waals surface area contributed by atoms with Crippen LogP contribution in [0.2, 0.25) is 0 Å². The predicted molar refractivity (Wildman–Crippen MR) is 99.9 cm³/mol. The van der Waals surface area contributed by atoms with E-state index in [2.05, 4.69) is 11.4 Å². The van der Waals surface area contributed by atoms with Crippen LogP contribution < -0.4 is 5.32 Å². The van der Waals surface area contributed by atoms with Gasteiger partial charge in [-0.25, -0.2) is 0 Å². The Morgan fingerprint density at radius 2 is 1.93 bits per heavy atom. The van der Waals surface area contributed by atoms with E-state index in [1.165, 1.54) is 0 Å². The lowest BCUT2D eigenvalue weighted by Gasteiger charge is -2.13. The van der Waals surface area contributed by atoms with Crippen LogP contribution in [0.1, 0.15) is 34.8 Å². The van der Waals surface area contributed by atoms with Crippen LogP contribution in [0.25, 0.3) is 5.52 Å². The largest absolute Gasteiger partial charge is 0.461 e. The number of pyridine rings is 1. The Hall–Kier alpha value is -3.59. The van der Waals surface area contributed by atoms with Crippen LogP contribution in [0, 0.1) is 11.3 Å². The summed E-state index contributed by atoms with van der Waals surface area (Å²) in [6, 6.07) is 16.2. The van der Waals surface area contributed by atoms with Crippen molar-refractivity contribution in [1.82, 2.24) is 9.72 Å². The Kier molecular flexibility index (Phi) is 5.53. The van der Waals surface area contributed by atoms with Crippen LogP contribution in [0.15, 0.2) is 60.9 Å². The monoisotopic (exact) mass is 361 g/mol. The molecule has 0 bridgehead atoms. The zero-order chi connectivity index (χ0) is 19.2. The first-order valence-electron chi connectivity index (χ1n) is 8.58. The van der Waals surface area contributed by atoms with E-state index in [1.54, 1.807) is 37.4 Å². The van der Waals surface area contributed by atoms with Gasteiger partial charge in [0.1, 0.15) is 12.7 Å². The summed E-state index contributed by atoms with van der Waals surface area (Å²) in [6.45, 7) is 1.76. The van der Waals surface area contributed by atoms with E-state index >= 15 is 0 Å². The van der Waals surface area contributed by atoms with E-state index in [4.69, 9.17) is 4.74 Å². The molecule has 0 spiro atoms. The molecule has 1 N–H and O–H groups in total. The van der Waals surface area contributed by atoms with Gasteiger partial charge < -0.3 is 14.5 Å². The molecule has 0 aliphatic carbocycles. The summed E-state index contributed by atoms with van der Waals surface area (Å²) in [5.41, 5.74) is 2.46. The van der Waals surface area contributed by atoms with E-state index in [-0.39, 0.29) is 25.0 Å². The molecule has 1 unspecified atom stereocenters. The van der Waals surface area contributed by atoms with Crippen LogP contribution >= 0.6 is 0 Å². The Balaban J connectivity index is 1.55. The van der Waals surface area contributed by atoms with Crippen LogP contribution in [0.3, 0.4) is 0 Å². The molecule has 6 nitrogen and oxygen atoms in total. The van der Waals surface area contributed by atoms with E-state index in [0.717, 1.165) is 5.52 Å². The summed E-state index contributed by atoms with van der Waals surface area (Å²) in [6.07, 6.45) is 3.66. The number of ether oxygens (including phenoxy) is 1. The summed E-state index contributed by atoms with van der Waals surface area (Å²) >= 11 is 0. The summed E-state index contributed by atoms with van der Waals surface area (Å²) in [4.78, 5) is 24.2. The maximum atomic E-state index is 12.1. The van der Waals surface area contributed by atoms with Crippen LogP contribution in [0.4, 0.5) is 0 Å². The molecule has 3 rings (SSSR count). The third kappa shape index (κ3) is 4.33. The van der Waals surface area contributed by atoms with Crippen molar-refractivity contribution in [1.29, 1.82) is 5.26 Å². The van der Waals surface area contributed by atoms with Gasteiger partial charge in [0.2, 0.25) is 0 Å². The van der Waals surface area contributed by atoms with E-state index in [1.807, 2.05) is 34.9 Å². The number of rotatable bonds is 6. The number of nitrogens with one attached hydrogen (secondary N) is 1. The number of aromatic nitrogens is 1. The SMILES string of the molecule is CC(CC(=O)OCc1cn2ccccc2c1C#N)NC(=O)c1ccccc1. The van der Waals surface area contributed by atoms with Crippen molar-refractivity contribution in [2.24, 2.45) is 0 Å². The van der Waals surface area contributed by atoms with Gasteiger partial charge in [-0.2, -0.15) is 5.26 Å². The molecule has 0 aliphatic rings. The second-order valence-electron chi connectivity index (χ2n) is 6.24. The number of amides is 1. The minimum absolute atomic E-state index is 0.0166. The quantitative estimate of drug-likeness (QED) is 0.684. The lowest BCUT2D eigenvalue weighted by Crippen LogP contribution is -2.34. The smallest absolute Gasteiger partial charge is 0.308 e. The van der Waals surface area contributed by atoms with Gasteiger partial charge >= 0.3 is 5.97 Å². The Bertz CT molecular complexity index is 1000. The van der Waals surface area contributed by atoms with Crippen molar-refractivity contribution < 1.29 is 14.3 Å². The fourth-order valence-corrected chi connectivity index (χ4v) is 2.83. The molecule has 0 saturated heterocycles. The van der Waals surface area contributed by atoms with Gasteiger partial charge in [0, 0.05) is 29.6 Å². The maximum absolute atomic E-state index is 12.1. The fourth-order valence-electron chi connectivity index (χ4n) is 2.83. The Labute approximate surface area is 157 Å². The Morgan fingerprint density at radius 3 is 2.67 bits per heavy atom. The average Bonchev–Trinajstić information content (AvgIpc) is 3.04. The minimum atomic E-state index is -0.435. The molecule has 2 heterocycles. The molecular formula is C21H19N3O3. The van der Waals surface area contributed by atoms with Crippen molar-refractivity contribution in [3.05, 3.63) is 77.6 Å². The molecule has 6 heteroatoms. The van der Waals surface area contributed by atoms with Crippen molar-refractivity contribution in [2.75, 3.05) is 0 Å². The molecule has 0 saturated carbocycles. The summed E-state index contributed by atoms with van der Waals surface area (Å²) < 4.78 is 7.13. The second kappa shape index (κ2) is 8.19. The van der Waals surface area contributed by atoms with Crippen molar-refractivity contribution >= 4 is 17.4 Å². The third-order valence-corrected chi connectivity index (χ3v) is 4.15. The molecule has 1 amide bonds. The summed E-state index contributed by atoms with van der Waals surface area (Å²) in [5.74, 6) is -0.670.